The van der Waals surface area contributed by atoms with Crippen LogP contribution in [0.2, 0.25) is 0 Å². The highest BCUT2D eigenvalue weighted by Crippen LogP contribution is 2.48. The summed E-state index contributed by atoms with van der Waals surface area (Å²) in [5, 5.41) is 3.90. The summed E-state index contributed by atoms with van der Waals surface area (Å²) in [5.41, 5.74) is 0. The van der Waals surface area contributed by atoms with Gasteiger partial charge in [0, 0.05) is 6.04 Å². The van der Waals surface area contributed by atoms with Crippen molar-refractivity contribution in [2.45, 2.75) is 70.8 Å². The van der Waals surface area contributed by atoms with Crippen molar-refractivity contribution in [3.8, 4) is 0 Å². The van der Waals surface area contributed by atoms with Crippen molar-refractivity contribution >= 4 is 0 Å². The molecule has 0 heterocycles. The number of hydrogen-bond acceptors (Lipinski definition) is 1. The molecule has 3 aliphatic carbocycles. The maximum Gasteiger partial charge on any atom is 0.00671 e. The Labute approximate surface area is 107 Å². The molecule has 1 N–H and O–H groups in total. The third kappa shape index (κ3) is 3.24. The van der Waals surface area contributed by atoms with Gasteiger partial charge in [-0.15, -0.1) is 0 Å². The zero-order valence-electron chi connectivity index (χ0n) is 11.5. The first-order chi connectivity index (χ1) is 8.34. The van der Waals surface area contributed by atoms with Crippen LogP contribution in [-0.2, 0) is 0 Å². The van der Waals surface area contributed by atoms with Crippen molar-refractivity contribution in [3.05, 3.63) is 0 Å². The van der Waals surface area contributed by atoms with E-state index in [1.807, 2.05) is 0 Å². The van der Waals surface area contributed by atoms with Crippen LogP contribution in [0.25, 0.3) is 0 Å². The Balaban J connectivity index is 1.42. The standard InChI is InChI=1S/C16H29N/c1-12(13-5-3-2-4-6-13)17-11-16(14-7-8-14)15-9-10-15/h12-17H,2-11H2,1H3. The molecule has 17 heavy (non-hydrogen) atoms. The van der Waals surface area contributed by atoms with E-state index in [2.05, 4.69) is 12.2 Å². The molecule has 3 aliphatic rings. The average molecular weight is 235 g/mol. The number of hydrogen-bond donors (Lipinski definition) is 1. The van der Waals surface area contributed by atoms with Crippen LogP contribution in [0.4, 0.5) is 0 Å². The van der Waals surface area contributed by atoms with Gasteiger partial charge in [-0.1, -0.05) is 19.3 Å². The van der Waals surface area contributed by atoms with Gasteiger partial charge in [0.15, 0.2) is 0 Å². The van der Waals surface area contributed by atoms with Crippen molar-refractivity contribution < 1.29 is 0 Å². The lowest BCUT2D eigenvalue weighted by Gasteiger charge is -2.30. The molecule has 3 saturated carbocycles. The molecule has 98 valence electrons. The van der Waals surface area contributed by atoms with Gasteiger partial charge in [0.2, 0.25) is 0 Å². The minimum absolute atomic E-state index is 0.773. The molecule has 0 amide bonds. The predicted octanol–water partition coefficient (Wildman–Crippen LogP) is 3.98. The minimum atomic E-state index is 0.773. The second-order valence-electron chi connectivity index (χ2n) is 6.93. The Morgan fingerprint density at radius 1 is 0.824 bits per heavy atom. The maximum atomic E-state index is 3.90. The Morgan fingerprint density at radius 2 is 1.41 bits per heavy atom. The largest absolute Gasteiger partial charge is 0.314 e. The van der Waals surface area contributed by atoms with Crippen LogP contribution < -0.4 is 5.32 Å². The zero-order chi connectivity index (χ0) is 11.7. The van der Waals surface area contributed by atoms with Crippen molar-refractivity contribution in [2.24, 2.45) is 23.7 Å². The molecule has 3 fully saturated rings. The van der Waals surface area contributed by atoms with Gasteiger partial charge in [0.1, 0.15) is 0 Å². The third-order valence-electron chi connectivity index (χ3n) is 5.49. The van der Waals surface area contributed by atoms with Crippen LogP contribution in [-0.4, -0.2) is 12.6 Å². The van der Waals surface area contributed by atoms with Crippen LogP contribution in [0.5, 0.6) is 0 Å². The maximum absolute atomic E-state index is 3.90. The van der Waals surface area contributed by atoms with Gasteiger partial charge in [-0.3, -0.25) is 0 Å². The zero-order valence-corrected chi connectivity index (χ0v) is 11.5. The van der Waals surface area contributed by atoms with E-state index in [4.69, 9.17) is 0 Å². The van der Waals surface area contributed by atoms with Gasteiger partial charge in [0.05, 0.1) is 0 Å². The SMILES string of the molecule is CC(NCC(C1CC1)C1CC1)C1CCCCC1. The summed E-state index contributed by atoms with van der Waals surface area (Å²) < 4.78 is 0. The molecule has 0 aromatic heterocycles. The second kappa shape index (κ2) is 5.30. The van der Waals surface area contributed by atoms with Crippen LogP contribution in [0.3, 0.4) is 0 Å². The Bertz CT molecular complexity index is 224. The summed E-state index contributed by atoms with van der Waals surface area (Å²) in [5.74, 6) is 4.23. The molecule has 0 aromatic rings. The van der Waals surface area contributed by atoms with Crippen LogP contribution in [0.1, 0.15) is 64.7 Å². The molecule has 3 rings (SSSR count). The number of nitrogens with one attached hydrogen (secondary N) is 1. The van der Waals surface area contributed by atoms with E-state index in [9.17, 15) is 0 Å². The molecular formula is C16H29N. The first kappa shape index (κ1) is 12.0. The molecular weight excluding hydrogens is 206 g/mol. The lowest BCUT2D eigenvalue weighted by Crippen LogP contribution is -2.38. The second-order valence-corrected chi connectivity index (χ2v) is 6.93. The predicted molar refractivity (Wildman–Crippen MR) is 73.0 cm³/mol. The highest BCUT2D eigenvalue weighted by Gasteiger charge is 2.41. The molecule has 0 aromatic carbocycles. The van der Waals surface area contributed by atoms with Gasteiger partial charge in [-0.05, 0) is 75.7 Å². The Hall–Kier alpha value is -0.0400. The molecule has 1 heteroatoms. The van der Waals surface area contributed by atoms with Crippen molar-refractivity contribution in [1.82, 2.24) is 5.32 Å². The van der Waals surface area contributed by atoms with Crippen LogP contribution in [0.15, 0.2) is 0 Å². The molecule has 0 saturated heterocycles. The van der Waals surface area contributed by atoms with E-state index >= 15 is 0 Å². The van der Waals surface area contributed by atoms with E-state index in [0.717, 1.165) is 29.7 Å². The number of rotatable bonds is 6. The average Bonchev–Trinajstić information content (AvgIpc) is 3.24. The molecule has 0 bridgehead atoms. The van der Waals surface area contributed by atoms with Crippen molar-refractivity contribution in [2.75, 3.05) is 6.54 Å². The van der Waals surface area contributed by atoms with Gasteiger partial charge in [-0.2, -0.15) is 0 Å². The summed E-state index contributed by atoms with van der Waals surface area (Å²) in [6.07, 6.45) is 13.5. The molecule has 0 spiro atoms. The molecule has 0 radical (unpaired) electrons. The smallest absolute Gasteiger partial charge is 0.00671 e. The molecule has 1 unspecified atom stereocenters. The fourth-order valence-electron chi connectivity index (χ4n) is 3.89. The van der Waals surface area contributed by atoms with E-state index in [1.54, 1.807) is 0 Å². The van der Waals surface area contributed by atoms with Gasteiger partial charge < -0.3 is 5.32 Å². The minimum Gasteiger partial charge on any atom is -0.314 e. The van der Waals surface area contributed by atoms with Crippen LogP contribution >= 0.6 is 0 Å². The lowest BCUT2D eigenvalue weighted by molar-refractivity contribution is 0.260. The molecule has 1 atom stereocenters. The third-order valence-corrected chi connectivity index (χ3v) is 5.49. The summed E-state index contributed by atoms with van der Waals surface area (Å²) in [7, 11) is 0. The van der Waals surface area contributed by atoms with E-state index in [-0.39, 0.29) is 0 Å². The van der Waals surface area contributed by atoms with Gasteiger partial charge >= 0.3 is 0 Å². The fraction of sp³-hybridized carbons (Fsp3) is 1.00. The lowest BCUT2D eigenvalue weighted by atomic mass is 9.84. The summed E-state index contributed by atoms with van der Waals surface area (Å²) in [6, 6.07) is 0.773. The molecule has 1 nitrogen and oxygen atoms in total. The summed E-state index contributed by atoms with van der Waals surface area (Å²) in [4.78, 5) is 0. The summed E-state index contributed by atoms with van der Waals surface area (Å²) >= 11 is 0. The van der Waals surface area contributed by atoms with Crippen molar-refractivity contribution in [1.29, 1.82) is 0 Å². The van der Waals surface area contributed by atoms with E-state index in [0.29, 0.717) is 0 Å². The van der Waals surface area contributed by atoms with Crippen LogP contribution in [0, 0.1) is 23.7 Å². The Morgan fingerprint density at radius 3 is 1.94 bits per heavy atom. The highest BCUT2D eigenvalue weighted by atomic mass is 14.9. The quantitative estimate of drug-likeness (QED) is 0.734. The topological polar surface area (TPSA) is 12.0 Å². The monoisotopic (exact) mass is 235 g/mol. The van der Waals surface area contributed by atoms with E-state index in [1.165, 1.54) is 64.3 Å². The normalized spacial score (nSPS) is 28.6. The Kier molecular flexibility index (Phi) is 3.75. The summed E-state index contributed by atoms with van der Waals surface area (Å²) in [6.45, 7) is 3.76. The molecule has 0 aliphatic heterocycles. The first-order valence-electron chi connectivity index (χ1n) is 8.08. The highest BCUT2D eigenvalue weighted by molar-refractivity contribution is 4.93. The van der Waals surface area contributed by atoms with E-state index < -0.39 is 0 Å². The van der Waals surface area contributed by atoms with Gasteiger partial charge in [-0.25, -0.2) is 0 Å². The fourth-order valence-corrected chi connectivity index (χ4v) is 3.89. The van der Waals surface area contributed by atoms with Gasteiger partial charge in [0.25, 0.3) is 0 Å². The van der Waals surface area contributed by atoms with Crippen molar-refractivity contribution in [3.63, 3.8) is 0 Å². The first-order valence-corrected chi connectivity index (χ1v) is 8.08.